The predicted octanol–water partition coefficient (Wildman–Crippen LogP) is 2.37. The van der Waals surface area contributed by atoms with Gasteiger partial charge < -0.3 is 11.1 Å². The molecule has 1 saturated carbocycles. The fraction of sp³-hybridized carbons (Fsp3) is 0.417. The molecule has 6 heteroatoms. The lowest BCUT2D eigenvalue weighted by Gasteiger charge is -2.11. The number of hydrogen-bond acceptors (Lipinski definition) is 2. The Hall–Kier alpha value is -0.840. The molecule has 100 valence electrons. The lowest BCUT2D eigenvalue weighted by molar-refractivity contribution is 0.0950. The monoisotopic (exact) mass is 292 g/mol. The fourth-order valence-electron chi connectivity index (χ4n) is 1.69. The van der Waals surface area contributed by atoms with Gasteiger partial charge in [-0.1, -0.05) is 11.6 Å². The third-order valence-electron chi connectivity index (χ3n) is 2.85. The number of nitrogens with one attached hydrogen (secondary N) is 1. The summed E-state index contributed by atoms with van der Waals surface area (Å²) in [6.45, 7) is 0.414. The Morgan fingerprint density at radius 2 is 2.17 bits per heavy atom. The van der Waals surface area contributed by atoms with Crippen LogP contribution in [-0.4, -0.2) is 18.5 Å². The van der Waals surface area contributed by atoms with Crippen LogP contribution < -0.4 is 11.1 Å². The first kappa shape index (κ1) is 15.2. The van der Waals surface area contributed by atoms with Crippen LogP contribution in [0, 0.1) is 11.7 Å². The minimum absolute atomic E-state index is 0. The van der Waals surface area contributed by atoms with Gasteiger partial charge >= 0.3 is 0 Å². The van der Waals surface area contributed by atoms with Crippen LogP contribution in [0.1, 0.15) is 23.2 Å². The van der Waals surface area contributed by atoms with Crippen molar-refractivity contribution in [1.29, 1.82) is 0 Å². The highest BCUT2D eigenvalue weighted by atomic mass is 35.5. The summed E-state index contributed by atoms with van der Waals surface area (Å²) in [6, 6.07) is 3.74. The second-order valence-electron chi connectivity index (χ2n) is 4.37. The molecule has 1 unspecified atom stereocenters. The molecule has 0 spiro atoms. The van der Waals surface area contributed by atoms with E-state index in [1.165, 1.54) is 6.07 Å². The molecule has 1 aromatic rings. The molecule has 0 radical (unpaired) electrons. The maximum Gasteiger partial charge on any atom is 0.251 e. The maximum absolute atomic E-state index is 13.0. The Balaban J connectivity index is 0.00000162. The summed E-state index contributed by atoms with van der Waals surface area (Å²) in [4.78, 5) is 11.7. The van der Waals surface area contributed by atoms with Crippen LogP contribution >= 0.6 is 24.0 Å². The van der Waals surface area contributed by atoms with Crippen LogP contribution in [0.3, 0.4) is 0 Å². The van der Waals surface area contributed by atoms with E-state index in [0.29, 0.717) is 12.5 Å². The van der Waals surface area contributed by atoms with Crippen LogP contribution in [0.5, 0.6) is 0 Å². The van der Waals surface area contributed by atoms with Crippen molar-refractivity contribution < 1.29 is 9.18 Å². The molecule has 1 fully saturated rings. The van der Waals surface area contributed by atoms with Crippen LogP contribution in [0.4, 0.5) is 4.39 Å². The van der Waals surface area contributed by atoms with E-state index in [1.54, 1.807) is 0 Å². The van der Waals surface area contributed by atoms with Gasteiger partial charge in [-0.25, -0.2) is 4.39 Å². The first-order chi connectivity index (χ1) is 8.06. The van der Waals surface area contributed by atoms with Crippen LogP contribution in [0.2, 0.25) is 5.02 Å². The van der Waals surface area contributed by atoms with E-state index in [9.17, 15) is 9.18 Å². The summed E-state index contributed by atoms with van der Waals surface area (Å²) in [5, 5.41) is 2.90. The normalized spacial score (nSPS) is 15.7. The van der Waals surface area contributed by atoms with Crippen molar-refractivity contribution in [2.24, 2.45) is 11.7 Å². The van der Waals surface area contributed by atoms with Crippen molar-refractivity contribution >= 4 is 29.9 Å². The molecular weight excluding hydrogens is 278 g/mol. The zero-order valence-corrected chi connectivity index (χ0v) is 11.2. The third kappa shape index (κ3) is 4.12. The second-order valence-corrected chi connectivity index (χ2v) is 4.81. The molecule has 3 N–H and O–H groups in total. The standard InChI is InChI=1S/C12H14ClFN2O.ClH/c13-9-3-8(4-10(14)5-9)12(17)16-6-11(15)7-1-2-7;/h3-5,7,11H,1-2,6,15H2,(H,16,17);1H. The Bertz CT molecular complexity index is 418. The number of nitrogens with two attached hydrogens (primary N) is 1. The van der Waals surface area contributed by atoms with E-state index in [4.69, 9.17) is 17.3 Å². The molecule has 2 rings (SSSR count). The molecule has 1 aromatic carbocycles. The average Bonchev–Trinajstić information content (AvgIpc) is 3.07. The molecule has 0 saturated heterocycles. The Morgan fingerprint density at radius 3 is 2.72 bits per heavy atom. The first-order valence-electron chi connectivity index (χ1n) is 5.56. The topological polar surface area (TPSA) is 55.1 Å². The molecular formula is C12H15Cl2FN2O. The van der Waals surface area contributed by atoms with Crippen molar-refractivity contribution in [2.45, 2.75) is 18.9 Å². The lowest BCUT2D eigenvalue weighted by atomic mass is 10.1. The molecule has 18 heavy (non-hydrogen) atoms. The number of benzene rings is 1. The van der Waals surface area contributed by atoms with E-state index in [0.717, 1.165) is 25.0 Å². The van der Waals surface area contributed by atoms with Crippen molar-refractivity contribution in [3.63, 3.8) is 0 Å². The fourth-order valence-corrected chi connectivity index (χ4v) is 1.91. The van der Waals surface area contributed by atoms with Gasteiger partial charge in [0, 0.05) is 23.2 Å². The summed E-state index contributed by atoms with van der Waals surface area (Å²) in [6.07, 6.45) is 2.26. The zero-order chi connectivity index (χ0) is 12.4. The van der Waals surface area contributed by atoms with Crippen molar-refractivity contribution in [3.05, 3.63) is 34.6 Å². The Kier molecular flexibility index (Phi) is 5.38. The molecule has 1 aliphatic carbocycles. The quantitative estimate of drug-likeness (QED) is 0.895. The molecule has 0 bridgehead atoms. The summed E-state index contributed by atoms with van der Waals surface area (Å²) in [5.74, 6) is -0.344. The average molecular weight is 293 g/mol. The van der Waals surface area contributed by atoms with E-state index < -0.39 is 5.82 Å². The minimum atomic E-state index is -0.519. The van der Waals surface area contributed by atoms with Gasteiger partial charge in [0.2, 0.25) is 0 Å². The van der Waals surface area contributed by atoms with Gasteiger partial charge in [0.25, 0.3) is 5.91 Å². The zero-order valence-electron chi connectivity index (χ0n) is 9.66. The molecule has 1 atom stereocenters. The number of rotatable bonds is 4. The van der Waals surface area contributed by atoms with E-state index >= 15 is 0 Å². The van der Waals surface area contributed by atoms with Gasteiger partial charge in [-0.3, -0.25) is 4.79 Å². The first-order valence-corrected chi connectivity index (χ1v) is 5.94. The van der Waals surface area contributed by atoms with Crippen LogP contribution in [0.25, 0.3) is 0 Å². The van der Waals surface area contributed by atoms with Crippen molar-refractivity contribution in [3.8, 4) is 0 Å². The Morgan fingerprint density at radius 1 is 1.50 bits per heavy atom. The summed E-state index contributed by atoms with van der Waals surface area (Å²) >= 11 is 5.67. The van der Waals surface area contributed by atoms with Crippen LogP contribution in [-0.2, 0) is 0 Å². The number of carbonyl (C=O) groups is 1. The van der Waals surface area contributed by atoms with Crippen LogP contribution in [0.15, 0.2) is 18.2 Å². The van der Waals surface area contributed by atoms with Gasteiger partial charge in [0.1, 0.15) is 5.82 Å². The third-order valence-corrected chi connectivity index (χ3v) is 3.07. The molecule has 1 amide bonds. The number of carbonyl (C=O) groups excluding carboxylic acids is 1. The maximum atomic E-state index is 13.0. The van der Waals surface area contributed by atoms with E-state index in [-0.39, 0.29) is 34.9 Å². The second kappa shape index (κ2) is 6.36. The molecule has 1 aliphatic rings. The number of amides is 1. The summed E-state index contributed by atoms with van der Waals surface area (Å²) < 4.78 is 13.0. The SMILES string of the molecule is Cl.NC(CNC(=O)c1cc(F)cc(Cl)c1)C1CC1. The molecule has 0 aromatic heterocycles. The van der Waals surface area contributed by atoms with Crippen molar-refractivity contribution in [2.75, 3.05) is 6.54 Å². The summed E-state index contributed by atoms with van der Waals surface area (Å²) in [7, 11) is 0. The molecule has 0 aliphatic heterocycles. The molecule has 3 nitrogen and oxygen atoms in total. The summed E-state index contributed by atoms with van der Waals surface area (Å²) in [5.41, 5.74) is 6.07. The molecule has 0 heterocycles. The van der Waals surface area contributed by atoms with Gasteiger partial charge in [-0.2, -0.15) is 0 Å². The van der Waals surface area contributed by atoms with Gasteiger partial charge in [0.15, 0.2) is 0 Å². The van der Waals surface area contributed by atoms with Gasteiger partial charge in [-0.05, 0) is 37.0 Å². The van der Waals surface area contributed by atoms with E-state index in [1.807, 2.05) is 0 Å². The largest absolute Gasteiger partial charge is 0.350 e. The van der Waals surface area contributed by atoms with Crippen molar-refractivity contribution in [1.82, 2.24) is 5.32 Å². The Labute approximate surface area is 116 Å². The highest BCUT2D eigenvalue weighted by Gasteiger charge is 2.28. The number of halogens is 3. The number of hydrogen-bond donors (Lipinski definition) is 2. The minimum Gasteiger partial charge on any atom is -0.350 e. The van der Waals surface area contributed by atoms with Gasteiger partial charge in [0.05, 0.1) is 0 Å². The van der Waals surface area contributed by atoms with E-state index in [2.05, 4.69) is 5.32 Å². The highest BCUT2D eigenvalue weighted by molar-refractivity contribution is 6.31. The lowest BCUT2D eigenvalue weighted by Crippen LogP contribution is -2.38. The highest BCUT2D eigenvalue weighted by Crippen LogP contribution is 2.31. The smallest absolute Gasteiger partial charge is 0.251 e. The van der Waals surface area contributed by atoms with Gasteiger partial charge in [-0.15, -0.1) is 12.4 Å². The predicted molar refractivity (Wildman–Crippen MR) is 71.7 cm³/mol.